The van der Waals surface area contributed by atoms with Gasteiger partial charge in [-0.3, -0.25) is 4.99 Å². The van der Waals surface area contributed by atoms with Gasteiger partial charge < -0.3 is 25.0 Å². The van der Waals surface area contributed by atoms with Crippen LogP contribution in [0.15, 0.2) is 4.99 Å². The molecule has 0 aromatic rings. The van der Waals surface area contributed by atoms with Crippen LogP contribution >= 0.6 is 0 Å². The molecule has 7 nitrogen and oxygen atoms in total. The fourth-order valence-corrected chi connectivity index (χ4v) is 2.47. The molecular formula is C17H34N4O3. The molecule has 1 amide bonds. The fraction of sp³-hybridized carbons (Fsp3) is 0.882. The minimum absolute atomic E-state index is 0.0899. The van der Waals surface area contributed by atoms with Crippen LogP contribution in [0.1, 0.15) is 47.5 Å². The van der Waals surface area contributed by atoms with E-state index in [1.807, 2.05) is 27.7 Å². The Morgan fingerprint density at radius 2 is 2.08 bits per heavy atom. The number of hydrogen-bond donors (Lipinski definition) is 2. The summed E-state index contributed by atoms with van der Waals surface area (Å²) in [6.45, 7) is 14.3. The largest absolute Gasteiger partial charge is 0.444 e. The van der Waals surface area contributed by atoms with Crippen molar-refractivity contribution in [1.82, 2.24) is 15.5 Å². The Morgan fingerprint density at radius 1 is 1.33 bits per heavy atom. The molecule has 1 unspecified atom stereocenters. The SMILES string of the molecule is CCNC(=NCCCOCC)N1CCC(NC(=O)OC(C)(C)C)C1. The molecule has 1 saturated heterocycles. The average molecular weight is 342 g/mol. The van der Waals surface area contributed by atoms with E-state index in [9.17, 15) is 4.79 Å². The fourth-order valence-electron chi connectivity index (χ4n) is 2.47. The van der Waals surface area contributed by atoms with Gasteiger partial charge in [0.05, 0.1) is 6.04 Å². The maximum absolute atomic E-state index is 11.9. The number of guanidine groups is 1. The summed E-state index contributed by atoms with van der Waals surface area (Å²) in [4.78, 5) is 18.7. The highest BCUT2D eigenvalue weighted by Crippen LogP contribution is 2.12. The van der Waals surface area contributed by atoms with Crippen molar-refractivity contribution >= 4 is 12.1 Å². The van der Waals surface area contributed by atoms with E-state index in [1.165, 1.54) is 0 Å². The third kappa shape index (κ3) is 8.38. The van der Waals surface area contributed by atoms with Crippen LogP contribution in [0.5, 0.6) is 0 Å². The van der Waals surface area contributed by atoms with E-state index in [0.717, 1.165) is 58.2 Å². The smallest absolute Gasteiger partial charge is 0.407 e. The first-order valence-corrected chi connectivity index (χ1v) is 8.96. The van der Waals surface area contributed by atoms with Gasteiger partial charge in [-0.25, -0.2) is 4.79 Å². The number of ether oxygens (including phenoxy) is 2. The summed E-state index contributed by atoms with van der Waals surface area (Å²) in [7, 11) is 0. The second-order valence-electron chi connectivity index (χ2n) is 6.86. The molecule has 1 atom stereocenters. The number of carbonyl (C=O) groups excluding carboxylic acids is 1. The number of carbonyl (C=O) groups is 1. The number of likely N-dealkylation sites (tertiary alicyclic amines) is 1. The Bertz CT molecular complexity index is 407. The van der Waals surface area contributed by atoms with Gasteiger partial charge in [-0.2, -0.15) is 0 Å². The lowest BCUT2D eigenvalue weighted by Crippen LogP contribution is -2.44. The minimum Gasteiger partial charge on any atom is -0.444 e. The van der Waals surface area contributed by atoms with Gasteiger partial charge in [-0.05, 0) is 47.5 Å². The lowest BCUT2D eigenvalue weighted by atomic mass is 10.2. The molecule has 0 spiro atoms. The van der Waals surface area contributed by atoms with Gasteiger partial charge in [0.25, 0.3) is 0 Å². The Labute approximate surface area is 146 Å². The highest BCUT2D eigenvalue weighted by Gasteiger charge is 2.27. The Morgan fingerprint density at radius 3 is 2.71 bits per heavy atom. The molecule has 1 heterocycles. The van der Waals surface area contributed by atoms with Crippen molar-refractivity contribution in [3.8, 4) is 0 Å². The van der Waals surface area contributed by atoms with Crippen LogP contribution in [-0.4, -0.2) is 68.0 Å². The standard InChI is InChI=1S/C17H34N4O3/c1-6-18-15(19-10-8-12-23-7-2)21-11-9-14(13-21)20-16(22)24-17(3,4)5/h14H,6-13H2,1-5H3,(H,18,19)(H,20,22). The van der Waals surface area contributed by atoms with E-state index < -0.39 is 5.60 Å². The van der Waals surface area contributed by atoms with Crippen molar-refractivity contribution in [1.29, 1.82) is 0 Å². The monoisotopic (exact) mass is 342 g/mol. The van der Waals surface area contributed by atoms with Crippen molar-refractivity contribution in [3.05, 3.63) is 0 Å². The Balaban J connectivity index is 2.44. The number of nitrogens with zero attached hydrogens (tertiary/aromatic N) is 2. The predicted octanol–water partition coefficient (Wildman–Crippen LogP) is 1.98. The van der Waals surface area contributed by atoms with E-state index in [4.69, 9.17) is 9.47 Å². The molecule has 1 rings (SSSR count). The number of hydrogen-bond acceptors (Lipinski definition) is 4. The molecule has 0 saturated carbocycles. The molecule has 0 aromatic heterocycles. The van der Waals surface area contributed by atoms with E-state index >= 15 is 0 Å². The van der Waals surface area contributed by atoms with E-state index in [1.54, 1.807) is 0 Å². The first kappa shape index (κ1) is 20.5. The van der Waals surface area contributed by atoms with Crippen molar-refractivity contribution in [2.24, 2.45) is 4.99 Å². The summed E-state index contributed by atoms with van der Waals surface area (Å²) in [5.41, 5.74) is -0.473. The van der Waals surface area contributed by atoms with Gasteiger partial charge in [0.1, 0.15) is 5.60 Å². The molecule has 140 valence electrons. The molecule has 1 fully saturated rings. The lowest BCUT2D eigenvalue weighted by Gasteiger charge is -2.23. The molecule has 0 radical (unpaired) electrons. The third-order valence-corrected chi connectivity index (χ3v) is 3.46. The number of amides is 1. The summed E-state index contributed by atoms with van der Waals surface area (Å²) in [5, 5.41) is 6.26. The molecular weight excluding hydrogens is 308 g/mol. The number of rotatable bonds is 7. The Hall–Kier alpha value is -1.50. The maximum Gasteiger partial charge on any atom is 0.407 e. The van der Waals surface area contributed by atoms with Crippen LogP contribution in [-0.2, 0) is 9.47 Å². The first-order valence-electron chi connectivity index (χ1n) is 8.96. The van der Waals surface area contributed by atoms with Gasteiger partial charge in [0.2, 0.25) is 0 Å². The quantitative estimate of drug-likeness (QED) is 0.420. The highest BCUT2D eigenvalue weighted by molar-refractivity contribution is 5.80. The normalized spacial score (nSPS) is 18.6. The van der Waals surface area contributed by atoms with Crippen LogP contribution in [0.3, 0.4) is 0 Å². The summed E-state index contributed by atoms with van der Waals surface area (Å²) >= 11 is 0. The zero-order valence-corrected chi connectivity index (χ0v) is 15.9. The number of aliphatic imine (C=N–C) groups is 1. The summed E-state index contributed by atoms with van der Waals surface area (Å²) in [5.74, 6) is 0.905. The zero-order valence-electron chi connectivity index (χ0n) is 15.9. The molecule has 2 N–H and O–H groups in total. The van der Waals surface area contributed by atoms with Gasteiger partial charge in [0, 0.05) is 39.4 Å². The second kappa shape index (κ2) is 10.4. The van der Waals surface area contributed by atoms with Gasteiger partial charge in [-0.1, -0.05) is 0 Å². The van der Waals surface area contributed by atoms with Crippen LogP contribution < -0.4 is 10.6 Å². The van der Waals surface area contributed by atoms with Gasteiger partial charge in [-0.15, -0.1) is 0 Å². The predicted molar refractivity (Wildman–Crippen MR) is 96.4 cm³/mol. The van der Waals surface area contributed by atoms with Crippen molar-refractivity contribution < 1.29 is 14.3 Å². The lowest BCUT2D eigenvalue weighted by molar-refractivity contribution is 0.0507. The topological polar surface area (TPSA) is 75.2 Å². The summed E-state index contributed by atoms with van der Waals surface area (Å²) in [6.07, 6.45) is 1.45. The summed E-state index contributed by atoms with van der Waals surface area (Å²) < 4.78 is 10.7. The van der Waals surface area contributed by atoms with Crippen LogP contribution in [0.25, 0.3) is 0 Å². The van der Waals surface area contributed by atoms with Crippen LogP contribution in [0.2, 0.25) is 0 Å². The molecule has 1 aliphatic heterocycles. The van der Waals surface area contributed by atoms with E-state index in [0.29, 0.717) is 0 Å². The Kier molecular flexibility index (Phi) is 8.89. The molecule has 1 aliphatic rings. The number of alkyl carbamates (subject to hydrolysis) is 1. The van der Waals surface area contributed by atoms with Crippen molar-refractivity contribution in [2.45, 2.75) is 59.1 Å². The first-order chi connectivity index (χ1) is 11.4. The molecule has 0 bridgehead atoms. The van der Waals surface area contributed by atoms with E-state index in [-0.39, 0.29) is 12.1 Å². The van der Waals surface area contributed by atoms with Gasteiger partial charge >= 0.3 is 6.09 Å². The molecule has 24 heavy (non-hydrogen) atoms. The zero-order chi connectivity index (χ0) is 18.0. The molecule has 0 aliphatic carbocycles. The highest BCUT2D eigenvalue weighted by atomic mass is 16.6. The summed E-state index contributed by atoms with van der Waals surface area (Å²) in [6, 6.07) is 0.0899. The molecule has 0 aromatic carbocycles. The van der Waals surface area contributed by atoms with E-state index in [2.05, 4.69) is 27.4 Å². The van der Waals surface area contributed by atoms with Crippen LogP contribution in [0, 0.1) is 0 Å². The van der Waals surface area contributed by atoms with Crippen LogP contribution in [0.4, 0.5) is 4.79 Å². The average Bonchev–Trinajstić information content (AvgIpc) is 2.92. The van der Waals surface area contributed by atoms with Crippen molar-refractivity contribution in [3.63, 3.8) is 0 Å². The number of nitrogens with one attached hydrogen (secondary N) is 2. The second-order valence-corrected chi connectivity index (χ2v) is 6.86. The third-order valence-electron chi connectivity index (χ3n) is 3.46. The maximum atomic E-state index is 11.9. The minimum atomic E-state index is -0.473. The van der Waals surface area contributed by atoms with Gasteiger partial charge in [0.15, 0.2) is 5.96 Å². The molecule has 7 heteroatoms. The van der Waals surface area contributed by atoms with Crippen molar-refractivity contribution in [2.75, 3.05) is 39.4 Å².